The minimum absolute atomic E-state index is 0.0146. The van der Waals surface area contributed by atoms with Crippen molar-refractivity contribution in [2.75, 3.05) is 105 Å². The van der Waals surface area contributed by atoms with Gasteiger partial charge in [-0.05, 0) is 0 Å². The quantitative estimate of drug-likeness (QED) is 0.0188. The van der Waals surface area contributed by atoms with E-state index in [1.54, 1.807) is 0 Å². The van der Waals surface area contributed by atoms with E-state index in [1.165, 1.54) is 6.92 Å². The molecule has 0 bridgehead atoms. The van der Waals surface area contributed by atoms with Gasteiger partial charge in [-0.1, -0.05) is 0 Å². The first-order valence-electron chi connectivity index (χ1n) is 17.0. The van der Waals surface area contributed by atoms with Crippen molar-refractivity contribution in [1.29, 1.82) is 0 Å². The molecule has 0 atom stereocenters. The van der Waals surface area contributed by atoms with Crippen LogP contribution >= 0.6 is 0 Å². The minimum atomic E-state index is -0.710. The molecule has 53 heavy (non-hydrogen) atoms. The van der Waals surface area contributed by atoms with Gasteiger partial charge in [-0.2, -0.15) is 0 Å². The number of hydrogen-bond acceptors (Lipinski definition) is 16. The molecule has 0 saturated carbocycles. The average molecular weight is 769 g/mol. The summed E-state index contributed by atoms with van der Waals surface area (Å²) in [6, 6.07) is 0. The number of rotatable bonds is 32. The van der Waals surface area contributed by atoms with E-state index in [-0.39, 0.29) is 131 Å². The molecule has 0 aliphatic rings. The largest absolute Gasteiger partial charge is 0.378 e. The summed E-state index contributed by atoms with van der Waals surface area (Å²) < 4.78 is 20.7. The second kappa shape index (κ2) is 31.5. The molecule has 0 aliphatic heterocycles. The third-order valence-electron chi connectivity index (χ3n) is 6.68. The normalized spacial score (nSPS) is 10.7. The van der Waals surface area contributed by atoms with E-state index >= 15 is 0 Å². The van der Waals surface area contributed by atoms with E-state index in [9.17, 15) is 54.4 Å². The zero-order valence-corrected chi connectivity index (χ0v) is 30.2. The van der Waals surface area contributed by atoms with Gasteiger partial charge in [-0.3, -0.25) is 54.4 Å². The number of amides is 7. The van der Waals surface area contributed by atoms with Crippen LogP contribution in [-0.2, 0) is 52.5 Å². The van der Waals surface area contributed by atoms with Gasteiger partial charge >= 0.3 is 0 Å². The highest BCUT2D eigenvalue weighted by atomic mass is 16.5. The lowest BCUT2D eigenvalue weighted by Gasteiger charge is -2.16. The second-order valence-electron chi connectivity index (χ2n) is 11.0. The lowest BCUT2D eigenvalue weighted by Crippen LogP contribution is -2.34. The molecule has 0 unspecified atom stereocenters. The topological polar surface area (TPSA) is 312 Å². The number of nitrogens with zero attached hydrogens (tertiary/aromatic N) is 4. The van der Waals surface area contributed by atoms with Crippen molar-refractivity contribution in [3.63, 3.8) is 0 Å². The zero-order chi connectivity index (χ0) is 39.9. The highest BCUT2D eigenvalue weighted by molar-refractivity contribution is 5.84. The second-order valence-corrected chi connectivity index (χ2v) is 11.0. The van der Waals surface area contributed by atoms with Crippen LogP contribution in [0.3, 0.4) is 0 Å². The Morgan fingerprint density at radius 3 is 1.02 bits per heavy atom. The van der Waals surface area contributed by atoms with Gasteiger partial charge in [0.1, 0.15) is 0 Å². The molecule has 0 aromatic heterocycles. The maximum absolute atomic E-state index is 12.1. The van der Waals surface area contributed by atoms with Gasteiger partial charge < -0.3 is 40.6 Å². The molecule has 23 heteroatoms. The van der Waals surface area contributed by atoms with Gasteiger partial charge in [-0.15, -0.1) is 0 Å². The molecule has 0 aromatic carbocycles. The summed E-state index contributed by atoms with van der Waals surface area (Å²) in [6.07, 6.45) is -1.25. The summed E-state index contributed by atoms with van der Waals surface area (Å²) in [4.78, 5) is 82.4. The Morgan fingerprint density at radius 2 is 0.736 bits per heavy atom. The molecule has 0 rings (SSSR count). The van der Waals surface area contributed by atoms with Crippen LogP contribution in [0.4, 0.5) is 0 Å². The number of hydrogen-bond donors (Lipinski definition) is 8. The van der Waals surface area contributed by atoms with Crippen molar-refractivity contribution in [1.82, 2.24) is 36.2 Å². The molecule has 0 saturated heterocycles. The Hall–Kier alpha value is -4.07. The number of ether oxygens (including phenoxy) is 4. The van der Waals surface area contributed by atoms with Crippen molar-refractivity contribution in [3.8, 4) is 0 Å². The first kappa shape index (κ1) is 48.9. The Labute approximate surface area is 307 Å². The molecule has 0 radical (unpaired) electrons. The highest BCUT2D eigenvalue weighted by Gasteiger charge is 2.16. The molecule has 9 N–H and O–H groups in total. The Kier molecular flexibility index (Phi) is 29.0. The van der Waals surface area contributed by atoms with Gasteiger partial charge in [0.05, 0.1) is 79.0 Å². The fraction of sp³-hybridized carbons (Fsp3) is 0.767. The van der Waals surface area contributed by atoms with E-state index in [2.05, 4.69) is 16.0 Å². The molecule has 306 valence electrons. The van der Waals surface area contributed by atoms with Gasteiger partial charge in [-0.25, -0.2) is 20.3 Å². The monoisotopic (exact) mass is 768 g/mol. The standard InChI is InChI=1S/C30H56N8O15/c1-24(39)35(46)12-20-51-17-9-32-25(40)3-6-29(44)37(48)14-22-53-19-11-34-27(42)4-7-30(45)38(49)15-23-52-18-10-33-26(41)2-5-28(43)36(47)13-21-50-16-8-31/h46-49H,2-23,31H2,1H3,(H,32,40)(H,33,41)(H,34,42). The first-order chi connectivity index (χ1) is 25.3. The maximum atomic E-state index is 12.1. The van der Waals surface area contributed by atoms with E-state index in [4.69, 9.17) is 24.7 Å². The lowest BCUT2D eigenvalue weighted by atomic mass is 10.2. The fourth-order valence-electron chi connectivity index (χ4n) is 3.73. The van der Waals surface area contributed by atoms with E-state index in [0.717, 1.165) is 0 Å². The summed E-state index contributed by atoms with van der Waals surface area (Å²) in [5.41, 5.74) is 5.27. The molecular weight excluding hydrogens is 712 g/mol. The molecule has 0 fully saturated rings. The van der Waals surface area contributed by atoms with Crippen LogP contribution < -0.4 is 21.7 Å². The van der Waals surface area contributed by atoms with Crippen LogP contribution in [0.25, 0.3) is 0 Å². The SMILES string of the molecule is CC(=O)N(O)CCOCCNC(=O)CCC(=O)N(O)CCOCCNC(=O)CCC(=O)N(O)CCOCCNC(=O)CCC(=O)N(O)CCOCCN. The number of carbonyl (C=O) groups excluding carboxylic acids is 7. The van der Waals surface area contributed by atoms with Gasteiger partial charge in [0.25, 0.3) is 0 Å². The first-order valence-corrected chi connectivity index (χ1v) is 17.0. The Balaban J connectivity index is 3.81. The summed E-state index contributed by atoms with van der Waals surface area (Å²) in [5, 5.41) is 47.9. The minimum Gasteiger partial charge on any atom is -0.378 e. The van der Waals surface area contributed by atoms with Crippen molar-refractivity contribution in [2.45, 2.75) is 45.4 Å². The molecule has 0 heterocycles. The summed E-state index contributed by atoms with van der Waals surface area (Å²) in [5.74, 6) is -3.90. The third kappa shape index (κ3) is 28.2. The molecule has 0 aliphatic carbocycles. The van der Waals surface area contributed by atoms with Gasteiger partial charge in [0, 0.05) is 71.6 Å². The smallest absolute Gasteiger partial charge is 0.246 e. The van der Waals surface area contributed by atoms with Crippen molar-refractivity contribution < 1.29 is 73.3 Å². The molecule has 23 nitrogen and oxygen atoms in total. The number of hydroxylamine groups is 8. The van der Waals surface area contributed by atoms with E-state index in [1.807, 2.05) is 0 Å². The maximum Gasteiger partial charge on any atom is 0.246 e. The van der Waals surface area contributed by atoms with Crippen LogP contribution in [0.5, 0.6) is 0 Å². The number of nitrogens with two attached hydrogens (primary N) is 1. The Bertz CT molecular complexity index is 1100. The van der Waals surface area contributed by atoms with Crippen molar-refractivity contribution in [2.24, 2.45) is 5.73 Å². The van der Waals surface area contributed by atoms with Crippen LogP contribution in [0.15, 0.2) is 0 Å². The van der Waals surface area contributed by atoms with Crippen molar-refractivity contribution in [3.05, 3.63) is 0 Å². The fourth-order valence-corrected chi connectivity index (χ4v) is 3.73. The molecule has 7 amide bonds. The third-order valence-corrected chi connectivity index (χ3v) is 6.68. The summed E-state index contributed by atoms with van der Waals surface area (Å²) in [7, 11) is 0. The average Bonchev–Trinajstić information content (AvgIpc) is 3.13. The van der Waals surface area contributed by atoms with Crippen molar-refractivity contribution >= 4 is 41.4 Å². The molecular formula is C30H56N8O15. The molecule has 0 aromatic rings. The predicted molar refractivity (Wildman–Crippen MR) is 179 cm³/mol. The number of nitrogens with one attached hydrogen (secondary N) is 3. The van der Waals surface area contributed by atoms with Gasteiger partial charge in [0.2, 0.25) is 41.4 Å². The predicted octanol–water partition coefficient (Wildman–Crippen LogP) is -3.41. The lowest BCUT2D eigenvalue weighted by molar-refractivity contribution is -0.168. The van der Waals surface area contributed by atoms with E-state index in [0.29, 0.717) is 33.4 Å². The van der Waals surface area contributed by atoms with Crippen LogP contribution in [0, 0.1) is 0 Å². The highest BCUT2D eigenvalue weighted by Crippen LogP contribution is 1.99. The van der Waals surface area contributed by atoms with E-state index < -0.39 is 41.4 Å². The summed E-state index contributed by atoms with van der Waals surface area (Å²) >= 11 is 0. The van der Waals surface area contributed by atoms with Crippen LogP contribution in [0.2, 0.25) is 0 Å². The molecule has 0 spiro atoms. The van der Waals surface area contributed by atoms with Crippen LogP contribution in [-0.4, -0.2) is 188 Å². The van der Waals surface area contributed by atoms with Gasteiger partial charge in [0.15, 0.2) is 0 Å². The van der Waals surface area contributed by atoms with Crippen LogP contribution in [0.1, 0.15) is 45.4 Å². The number of carbonyl (C=O) groups is 7. The zero-order valence-electron chi connectivity index (χ0n) is 30.2. The summed E-state index contributed by atoms with van der Waals surface area (Å²) in [6.45, 7) is 2.07. The Morgan fingerprint density at radius 1 is 0.453 bits per heavy atom.